The molecule has 64 heavy (non-hydrogen) atoms. The minimum Gasteiger partial charge on any atom is -0.413 e. The van der Waals surface area contributed by atoms with Crippen molar-refractivity contribution < 1.29 is 52.3 Å². The van der Waals surface area contributed by atoms with Gasteiger partial charge in [0, 0.05) is 21.1 Å². The van der Waals surface area contributed by atoms with Gasteiger partial charge in [0.05, 0.1) is 17.8 Å². The van der Waals surface area contributed by atoms with Crippen LogP contribution >= 0.6 is 0 Å². The van der Waals surface area contributed by atoms with Gasteiger partial charge >= 0.3 is 18.0 Å². The number of halogens is 6. The van der Waals surface area contributed by atoms with Gasteiger partial charge in [-0.2, -0.15) is 26.3 Å². The lowest BCUT2D eigenvalue weighted by Gasteiger charge is -2.46. The number of alkyl halides is 6. The molecule has 0 bridgehead atoms. The first-order valence-corrected chi connectivity index (χ1v) is 36.1. The van der Waals surface area contributed by atoms with Crippen molar-refractivity contribution >= 4 is 33.3 Å². The third kappa shape index (κ3) is 14.3. The Morgan fingerprint density at radius 3 is 1.86 bits per heavy atom. The van der Waals surface area contributed by atoms with Crippen LogP contribution in [0.5, 0.6) is 0 Å². The summed E-state index contributed by atoms with van der Waals surface area (Å²) in [5.74, 6) is 3.12. The first-order valence-electron chi connectivity index (χ1n) is 26.5. The summed E-state index contributed by atoms with van der Waals surface area (Å²) in [4.78, 5) is 0. The van der Waals surface area contributed by atoms with E-state index in [2.05, 4.69) is 99.3 Å². The quantitative estimate of drug-likeness (QED) is 0.0931. The third-order valence-corrected chi connectivity index (χ3v) is 25.7. The molecule has 14 heteroatoms. The Kier molecular flexibility index (Phi) is 14.9. The van der Waals surface area contributed by atoms with E-state index in [4.69, 9.17) is 25.9 Å². The highest BCUT2D eigenvalue weighted by Gasteiger charge is 2.73. The SMILES string of the molecule is [2H]C([2H])([2H])C(CCC[C@H](CC#CC(O[Si](C)(C)C)(C(F)(F)F)C(F)(F)F)[C@H]1CC[C@H]2/C(=C/C=C3/C[C@@H](O[Si](C)(C)C(C)(C)C)C[C@H](O[Si](C)(C)C(C)(C)C)C3=C)CCC[C@]12C)(O[Si](C)(C)C)C([2H])([2H])[2H]. The summed E-state index contributed by atoms with van der Waals surface area (Å²) < 4.78 is 164. The van der Waals surface area contributed by atoms with Gasteiger partial charge in [0.2, 0.25) is 0 Å². The van der Waals surface area contributed by atoms with E-state index in [-0.39, 0.29) is 53.4 Å². The van der Waals surface area contributed by atoms with E-state index < -0.39 is 88.3 Å². The molecule has 0 amide bonds. The Morgan fingerprint density at radius 2 is 1.36 bits per heavy atom. The van der Waals surface area contributed by atoms with Crippen LogP contribution in [0.1, 0.15) is 141 Å². The van der Waals surface area contributed by atoms with Crippen molar-refractivity contribution in [2.24, 2.45) is 23.2 Å². The normalized spacial score (nSPS) is 28.6. The van der Waals surface area contributed by atoms with Crippen LogP contribution in [0.25, 0.3) is 0 Å². The molecule has 3 aliphatic carbocycles. The number of allylic oxidation sites excluding steroid dienone is 3. The van der Waals surface area contributed by atoms with Crippen LogP contribution in [-0.4, -0.2) is 69.0 Å². The summed E-state index contributed by atoms with van der Waals surface area (Å²) in [5.41, 5.74) is -4.47. The van der Waals surface area contributed by atoms with Crippen molar-refractivity contribution in [1.82, 2.24) is 0 Å². The zero-order valence-electron chi connectivity index (χ0n) is 48.4. The number of hydrogen-bond acceptors (Lipinski definition) is 4. The molecule has 0 N–H and O–H groups in total. The first kappa shape index (κ1) is 48.1. The van der Waals surface area contributed by atoms with E-state index in [1.165, 1.54) is 25.2 Å². The predicted molar refractivity (Wildman–Crippen MR) is 264 cm³/mol. The van der Waals surface area contributed by atoms with Crippen molar-refractivity contribution in [2.45, 2.75) is 244 Å². The zero-order valence-corrected chi connectivity index (χ0v) is 46.4. The number of rotatable bonds is 15. The van der Waals surface area contributed by atoms with Crippen LogP contribution in [0.3, 0.4) is 0 Å². The highest BCUT2D eigenvalue weighted by Crippen LogP contribution is 2.61. The van der Waals surface area contributed by atoms with Crippen LogP contribution in [0.15, 0.2) is 35.5 Å². The first-order chi connectivity index (χ1) is 31.0. The fourth-order valence-corrected chi connectivity index (χ4v) is 14.7. The van der Waals surface area contributed by atoms with Gasteiger partial charge in [-0.05, 0) is 181 Å². The van der Waals surface area contributed by atoms with E-state index in [9.17, 15) is 26.3 Å². The molecular weight excluding hydrogens is 891 g/mol. The Hall–Kier alpha value is -0.932. The maximum atomic E-state index is 14.7. The molecule has 3 saturated carbocycles. The van der Waals surface area contributed by atoms with E-state index >= 15 is 0 Å². The van der Waals surface area contributed by atoms with Gasteiger partial charge in [0.15, 0.2) is 33.3 Å². The fourth-order valence-electron chi connectivity index (χ4n) is 9.66. The van der Waals surface area contributed by atoms with Gasteiger partial charge < -0.3 is 17.7 Å². The number of fused-ring (bicyclic) bond motifs is 1. The second-order valence-corrected chi connectivity index (χ2v) is 42.8. The highest BCUT2D eigenvalue weighted by molar-refractivity contribution is 6.74. The molecule has 6 atom stereocenters. The van der Waals surface area contributed by atoms with Crippen molar-refractivity contribution in [1.29, 1.82) is 0 Å². The average Bonchev–Trinajstić information content (AvgIpc) is 3.47. The molecular formula is C50H88F6O4Si4. The topological polar surface area (TPSA) is 36.9 Å². The molecule has 0 radical (unpaired) electrons. The molecule has 0 aromatic heterocycles. The van der Waals surface area contributed by atoms with Crippen molar-refractivity contribution in [3.8, 4) is 11.8 Å². The molecule has 0 aromatic rings. The summed E-state index contributed by atoms with van der Waals surface area (Å²) >= 11 is 0. The van der Waals surface area contributed by atoms with E-state index in [1.54, 1.807) is 25.6 Å². The van der Waals surface area contributed by atoms with Gasteiger partial charge in [0.1, 0.15) is 0 Å². The van der Waals surface area contributed by atoms with Gasteiger partial charge in [-0.15, -0.1) is 0 Å². The molecule has 0 saturated heterocycles. The lowest BCUT2D eigenvalue weighted by Crippen LogP contribution is -2.61. The summed E-state index contributed by atoms with van der Waals surface area (Å²) in [7, 11) is -10.7. The molecule has 3 aliphatic rings. The largest absolute Gasteiger partial charge is 0.437 e. The fraction of sp³-hybridized carbons (Fsp3) is 0.840. The van der Waals surface area contributed by atoms with Crippen LogP contribution in [-0.2, 0) is 17.7 Å². The maximum absolute atomic E-state index is 14.7. The van der Waals surface area contributed by atoms with E-state index in [0.717, 1.165) is 36.8 Å². The molecule has 0 spiro atoms. The highest BCUT2D eigenvalue weighted by atomic mass is 28.4. The van der Waals surface area contributed by atoms with Gasteiger partial charge in [-0.3, -0.25) is 0 Å². The Morgan fingerprint density at radius 1 is 0.812 bits per heavy atom. The number of hydrogen-bond donors (Lipinski definition) is 0. The summed E-state index contributed by atoms with van der Waals surface area (Å²) in [6.45, 7) is 31.8. The van der Waals surface area contributed by atoms with Crippen LogP contribution in [0, 0.1) is 35.0 Å². The molecule has 0 aromatic carbocycles. The summed E-state index contributed by atoms with van der Waals surface area (Å²) in [6, 6.07) is 0. The van der Waals surface area contributed by atoms with Crippen molar-refractivity contribution in [2.75, 3.05) is 0 Å². The Labute approximate surface area is 398 Å². The van der Waals surface area contributed by atoms with Crippen molar-refractivity contribution in [3.63, 3.8) is 0 Å². The summed E-state index contributed by atoms with van der Waals surface area (Å²) in [6.07, 6.45) is -3.38. The second kappa shape index (κ2) is 19.8. The van der Waals surface area contributed by atoms with Gasteiger partial charge in [-0.1, -0.05) is 85.1 Å². The smallest absolute Gasteiger partial charge is 0.413 e. The lowest BCUT2D eigenvalue weighted by atomic mass is 9.60. The molecule has 4 nitrogen and oxygen atoms in total. The van der Waals surface area contributed by atoms with Crippen LogP contribution in [0.2, 0.25) is 75.5 Å². The second-order valence-electron chi connectivity index (χ2n) is 24.5. The third-order valence-electron chi connectivity index (χ3n) is 14.8. The maximum Gasteiger partial charge on any atom is 0.437 e. The minimum absolute atomic E-state index is 0.00452. The standard InChI is InChI=1S/C50H88F6O4Si4/c1-36-39(34-40(57-63(17,18)44(2,3)4)35-43(36)58-64(19,20)45(5,6)7)28-27-38-25-22-32-47(10)41(29-30-42(38)47)37(24-21-31-46(8,9)59-61(11,12)13)26-23-33-48(49(51,52)53,50(54,55)56)60-62(14,15)16/h27-28,37,40-43H,1,21-22,24-26,29-32,34-35H2,2-20H3/b38-27+,39-28-/t37-,40-,41-,42+,43+,47-/m1/s1/i8D3,9D3. The van der Waals surface area contributed by atoms with Crippen LogP contribution < -0.4 is 0 Å². The lowest BCUT2D eigenvalue weighted by molar-refractivity contribution is -0.336. The summed E-state index contributed by atoms with van der Waals surface area (Å²) in [5, 5.41) is -0.0336. The minimum atomic E-state index is -5.90. The van der Waals surface area contributed by atoms with Gasteiger partial charge in [0.25, 0.3) is 0 Å². The van der Waals surface area contributed by atoms with Crippen LogP contribution in [0.4, 0.5) is 26.3 Å². The zero-order chi connectivity index (χ0) is 54.6. The molecule has 370 valence electrons. The molecule has 0 aliphatic heterocycles. The average molecular weight is 986 g/mol. The predicted octanol–water partition coefficient (Wildman–Crippen LogP) is 16.7. The van der Waals surface area contributed by atoms with E-state index in [1.807, 2.05) is 0 Å². The van der Waals surface area contributed by atoms with Crippen molar-refractivity contribution in [3.05, 3.63) is 35.5 Å². The Balaban J connectivity index is 2.18. The molecule has 3 fully saturated rings. The van der Waals surface area contributed by atoms with Gasteiger partial charge in [-0.25, -0.2) is 0 Å². The molecule has 3 rings (SSSR count). The molecule has 0 unspecified atom stereocenters. The monoisotopic (exact) mass is 985 g/mol. The Bertz CT molecular complexity index is 1930. The van der Waals surface area contributed by atoms with E-state index in [0.29, 0.717) is 19.3 Å². The molecule has 0 heterocycles.